The van der Waals surface area contributed by atoms with Gasteiger partial charge in [-0.25, -0.2) is 8.42 Å². The Bertz CT molecular complexity index is 873. The van der Waals surface area contributed by atoms with E-state index < -0.39 is 22.3 Å². The van der Waals surface area contributed by atoms with Gasteiger partial charge in [-0.1, -0.05) is 48.0 Å². The molecule has 0 fully saturated rings. The van der Waals surface area contributed by atoms with Crippen LogP contribution in [-0.4, -0.2) is 29.8 Å². The SMILES string of the molecule is Cc1ccc(S(=O)(=O)N2C(O)C=CC(=O)C2c2ccccc2)cc1. The number of aliphatic hydroxyl groups is 1. The molecule has 0 aromatic heterocycles. The predicted octanol–water partition coefficient (Wildman–Crippen LogP) is 2.18. The fourth-order valence-electron chi connectivity index (χ4n) is 2.69. The third kappa shape index (κ3) is 2.91. The summed E-state index contributed by atoms with van der Waals surface area (Å²) in [5.41, 5.74) is 1.44. The first kappa shape index (κ1) is 16.6. The number of aliphatic hydroxyl groups excluding tert-OH is 1. The van der Waals surface area contributed by atoms with E-state index in [1.807, 2.05) is 6.92 Å². The second-order valence-electron chi connectivity index (χ2n) is 5.64. The molecule has 0 radical (unpaired) electrons. The quantitative estimate of drug-likeness (QED) is 0.927. The lowest BCUT2D eigenvalue weighted by molar-refractivity contribution is -0.121. The zero-order chi connectivity index (χ0) is 17.3. The molecule has 0 bridgehead atoms. The highest BCUT2D eigenvalue weighted by atomic mass is 32.2. The molecule has 1 aliphatic heterocycles. The summed E-state index contributed by atoms with van der Waals surface area (Å²) in [6.07, 6.45) is 1.01. The highest BCUT2D eigenvalue weighted by molar-refractivity contribution is 7.89. The van der Waals surface area contributed by atoms with Crippen LogP contribution in [0.5, 0.6) is 0 Å². The minimum Gasteiger partial charge on any atom is -0.374 e. The van der Waals surface area contributed by atoms with Gasteiger partial charge >= 0.3 is 0 Å². The highest BCUT2D eigenvalue weighted by Gasteiger charge is 2.42. The normalized spacial score (nSPS) is 21.8. The molecule has 2 aromatic rings. The number of sulfonamides is 1. The summed E-state index contributed by atoms with van der Waals surface area (Å²) in [4.78, 5) is 12.4. The first-order valence-corrected chi connectivity index (χ1v) is 8.90. The molecule has 2 aromatic carbocycles. The minimum atomic E-state index is -4.05. The Morgan fingerprint density at radius 1 is 1.00 bits per heavy atom. The number of ketones is 1. The number of benzene rings is 2. The zero-order valence-electron chi connectivity index (χ0n) is 13.0. The Kier molecular flexibility index (Phi) is 4.36. The van der Waals surface area contributed by atoms with Crippen molar-refractivity contribution < 1.29 is 18.3 Å². The van der Waals surface area contributed by atoms with Crippen molar-refractivity contribution in [1.82, 2.24) is 4.31 Å². The maximum atomic E-state index is 13.0. The van der Waals surface area contributed by atoms with Crippen LogP contribution in [0.4, 0.5) is 0 Å². The molecule has 0 saturated heterocycles. The van der Waals surface area contributed by atoms with Crippen LogP contribution in [0.3, 0.4) is 0 Å². The summed E-state index contributed by atoms with van der Waals surface area (Å²) < 4.78 is 26.9. The van der Waals surface area contributed by atoms with Crippen LogP contribution in [0.1, 0.15) is 17.2 Å². The molecule has 2 atom stereocenters. The van der Waals surface area contributed by atoms with Gasteiger partial charge in [-0.15, -0.1) is 0 Å². The predicted molar refractivity (Wildman–Crippen MR) is 89.5 cm³/mol. The van der Waals surface area contributed by atoms with Crippen molar-refractivity contribution in [3.05, 3.63) is 77.9 Å². The number of hydrogen-bond donors (Lipinski definition) is 1. The minimum absolute atomic E-state index is 0.0381. The highest BCUT2D eigenvalue weighted by Crippen LogP contribution is 2.33. The van der Waals surface area contributed by atoms with Crippen LogP contribution in [0.2, 0.25) is 0 Å². The van der Waals surface area contributed by atoms with Crippen molar-refractivity contribution in [3.8, 4) is 0 Å². The average Bonchev–Trinajstić information content (AvgIpc) is 2.57. The van der Waals surface area contributed by atoms with Gasteiger partial charge in [0.2, 0.25) is 10.0 Å². The smallest absolute Gasteiger partial charge is 0.246 e. The van der Waals surface area contributed by atoms with Gasteiger partial charge in [0.15, 0.2) is 5.78 Å². The molecule has 24 heavy (non-hydrogen) atoms. The van der Waals surface area contributed by atoms with Crippen molar-refractivity contribution in [2.45, 2.75) is 24.1 Å². The summed E-state index contributed by atoms with van der Waals surface area (Å²) in [6, 6.07) is 13.8. The molecule has 0 aliphatic carbocycles. The van der Waals surface area contributed by atoms with Gasteiger partial charge in [-0.2, -0.15) is 4.31 Å². The van der Waals surface area contributed by atoms with E-state index in [2.05, 4.69) is 0 Å². The lowest BCUT2D eigenvalue weighted by Crippen LogP contribution is -2.46. The Hall–Kier alpha value is -2.28. The van der Waals surface area contributed by atoms with Crippen LogP contribution in [-0.2, 0) is 14.8 Å². The van der Waals surface area contributed by atoms with E-state index in [0.29, 0.717) is 5.56 Å². The van der Waals surface area contributed by atoms with Gasteiger partial charge in [-0.05, 0) is 36.8 Å². The number of carbonyl (C=O) groups excluding carboxylic acids is 1. The summed E-state index contributed by atoms with van der Waals surface area (Å²) in [6.45, 7) is 1.85. The van der Waals surface area contributed by atoms with Crippen molar-refractivity contribution in [1.29, 1.82) is 0 Å². The van der Waals surface area contributed by atoms with Crippen molar-refractivity contribution >= 4 is 15.8 Å². The maximum Gasteiger partial charge on any atom is 0.246 e. The molecule has 0 amide bonds. The fraction of sp³-hybridized carbons (Fsp3) is 0.167. The average molecular weight is 343 g/mol. The fourth-order valence-corrected chi connectivity index (χ4v) is 4.28. The number of aryl methyl sites for hydroxylation is 1. The van der Waals surface area contributed by atoms with E-state index in [1.165, 1.54) is 24.3 Å². The van der Waals surface area contributed by atoms with E-state index >= 15 is 0 Å². The molecular formula is C18H17NO4S. The number of hydrogen-bond acceptors (Lipinski definition) is 4. The second-order valence-corrected chi connectivity index (χ2v) is 7.48. The largest absolute Gasteiger partial charge is 0.374 e. The van der Waals surface area contributed by atoms with Crippen LogP contribution in [0.25, 0.3) is 0 Å². The summed E-state index contributed by atoms with van der Waals surface area (Å²) in [7, 11) is -4.05. The number of nitrogens with zero attached hydrogens (tertiary/aromatic N) is 1. The molecule has 1 heterocycles. The van der Waals surface area contributed by atoms with E-state index in [4.69, 9.17) is 0 Å². The summed E-state index contributed by atoms with van der Waals surface area (Å²) >= 11 is 0. The zero-order valence-corrected chi connectivity index (χ0v) is 13.8. The first-order valence-electron chi connectivity index (χ1n) is 7.46. The van der Waals surface area contributed by atoms with Crippen molar-refractivity contribution in [2.24, 2.45) is 0 Å². The van der Waals surface area contributed by atoms with Gasteiger partial charge in [0.25, 0.3) is 0 Å². The third-order valence-electron chi connectivity index (χ3n) is 3.93. The first-order chi connectivity index (χ1) is 11.4. The Morgan fingerprint density at radius 3 is 2.25 bits per heavy atom. The van der Waals surface area contributed by atoms with Crippen LogP contribution in [0.15, 0.2) is 71.6 Å². The van der Waals surface area contributed by atoms with Crippen LogP contribution in [0, 0.1) is 6.92 Å². The standard InChI is InChI=1S/C18H17NO4S/c1-13-7-9-15(10-8-13)24(22,23)19-17(21)12-11-16(20)18(19)14-5-3-2-4-6-14/h2-12,17-18,21H,1H3. The Balaban J connectivity index is 2.13. The number of carbonyl (C=O) groups is 1. The Morgan fingerprint density at radius 2 is 1.62 bits per heavy atom. The lowest BCUT2D eigenvalue weighted by atomic mass is 10.00. The number of rotatable bonds is 3. The molecule has 6 heteroatoms. The van der Waals surface area contributed by atoms with Gasteiger partial charge in [-0.3, -0.25) is 4.79 Å². The molecule has 1 aliphatic rings. The molecular weight excluding hydrogens is 326 g/mol. The molecule has 0 spiro atoms. The van der Waals surface area contributed by atoms with Crippen molar-refractivity contribution in [2.75, 3.05) is 0 Å². The van der Waals surface area contributed by atoms with E-state index in [9.17, 15) is 18.3 Å². The molecule has 124 valence electrons. The van der Waals surface area contributed by atoms with Crippen molar-refractivity contribution in [3.63, 3.8) is 0 Å². The molecule has 5 nitrogen and oxygen atoms in total. The Labute approximate surface area is 140 Å². The summed E-state index contributed by atoms with van der Waals surface area (Å²) in [5.74, 6) is -0.387. The van der Waals surface area contributed by atoms with Gasteiger partial charge in [0, 0.05) is 0 Å². The summed E-state index contributed by atoms with van der Waals surface area (Å²) in [5, 5.41) is 10.3. The maximum absolute atomic E-state index is 13.0. The topological polar surface area (TPSA) is 74.7 Å². The van der Waals surface area contributed by atoms with E-state index in [0.717, 1.165) is 9.87 Å². The molecule has 3 rings (SSSR count). The second kappa shape index (κ2) is 6.32. The third-order valence-corrected chi connectivity index (χ3v) is 5.78. The van der Waals surface area contributed by atoms with Crippen LogP contribution >= 0.6 is 0 Å². The van der Waals surface area contributed by atoms with Gasteiger partial charge < -0.3 is 5.11 Å². The van der Waals surface area contributed by atoms with Crippen LogP contribution < -0.4 is 0 Å². The van der Waals surface area contributed by atoms with Gasteiger partial charge in [0.1, 0.15) is 12.3 Å². The molecule has 2 unspecified atom stereocenters. The lowest BCUT2D eigenvalue weighted by Gasteiger charge is -2.34. The molecule has 0 saturated carbocycles. The monoisotopic (exact) mass is 343 g/mol. The molecule has 1 N–H and O–H groups in total. The van der Waals surface area contributed by atoms with Gasteiger partial charge in [0.05, 0.1) is 4.90 Å². The van der Waals surface area contributed by atoms with E-state index in [1.54, 1.807) is 42.5 Å². The van der Waals surface area contributed by atoms with E-state index in [-0.39, 0.29) is 10.7 Å².